The third-order valence-electron chi connectivity index (χ3n) is 4.42. The molecule has 0 aromatic heterocycles. The minimum absolute atomic E-state index is 0.155. The molecule has 0 radical (unpaired) electrons. The fourth-order valence-electron chi connectivity index (χ4n) is 3.01. The van der Waals surface area contributed by atoms with Gasteiger partial charge in [-0.1, -0.05) is 20.8 Å². The van der Waals surface area contributed by atoms with E-state index in [0.717, 1.165) is 19.5 Å². The van der Waals surface area contributed by atoms with Crippen molar-refractivity contribution in [2.45, 2.75) is 58.2 Å². The Labute approximate surface area is 130 Å². The van der Waals surface area contributed by atoms with Crippen LogP contribution in [0.15, 0.2) is 0 Å². The van der Waals surface area contributed by atoms with Crippen LogP contribution in [-0.4, -0.2) is 74.2 Å². The number of carbonyl (C=O) groups excluding carboxylic acids is 1. The Morgan fingerprint density at radius 2 is 2.00 bits per heavy atom. The molecule has 0 bridgehead atoms. The molecular weight excluding hydrogens is 266 g/mol. The van der Waals surface area contributed by atoms with Gasteiger partial charge in [0.1, 0.15) is 6.04 Å². The van der Waals surface area contributed by atoms with E-state index >= 15 is 0 Å². The molecule has 1 aliphatic heterocycles. The van der Waals surface area contributed by atoms with Gasteiger partial charge in [0, 0.05) is 18.6 Å². The summed E-state index contributed by atoms with van der Waals surface area (Å²) < 4.78 is 4.89. The summed E-state index contributed by atoms with van der Waals surface area (Å²) in [5.74, 6) is -0.155. The Kier molecular flexibility index (Phi) is 8.22. The Morgan fingerprint density at radius 1 is 1.38 bits per heavy atom. The van der Waals surface area contributed by atoms with Gasteiger partial charge in [0.2, 0.25) is 0 Å². The van der Waals surface area contributed by atoms with E-state index in [9.17, 15) is 4.79 Å². The van der Waals surface area contributed by atoms with Crippen molar-refractivity contribution in [1.29, 1.82) is 0 Å². The van der Waals surface area contributed by atoms with Gasteiger partial charge in [-0.05, 0) is 45.9 Å². The molecule has 0 aliphatic carbocycles. The zero-order valence-corrected chi connectivity index (χ0v) is 14.4. The first kappa shape index (κ1) is 18.4. The van der Waals surface area contributed by atoms with Crippen molar-refractivity contribution in [3.8, 4) is 0 Å². The number of ether oxygens (including phenoxy) is 1. The molecule has 5 heteroatoms. The lowest BCUT2D eigenvalue weighted by molar-refractivity contribution is -0.143. The van der Waals surface area contributed by atoms with Crippen molar-refractivity contribution in [2.24, 2.45) is 0 Å². The van der Waals surface area contributed by atoms with Crippen molar-refractivity contribution < 1.29 is 9.53 Å². The van der Waals surface area contributed by atoms with E-state index in [4.69, 9.17) is 4.74 Å². The number of piperidine rings is 1. The number of likely N-dealkylation sites (tertiary alicyclic amines) is 1. The van der Waals surface area contributed by atoms with Crippen molar-refractivity contribution in [3.05, 3.63) is 0 Å². The zero-order valence-electron chi connectivity index (χ0n) is 14.4. The van der Waals surface area contributed by atoms with Gasteiger partial charge in [-0.2, -0.15) is 0 Å². The minimum atomic E-state index is -0.201. The second-order valence-electron chi connectivity index (χ2n) is 6.33. The molecule has 0 saturated carbocycles. The van der Waals surface area contributed by atoms with Crippen LogP contribution in [0, 0.1) is 0 Å². The number of hydrogen-bond acceptors (Lipinski definition) is 5. The van der Waals surface area contributed by atoms with Gasteiger partial charge >= 0.3 is 5.97 Å². The molecule has 1 unspecified atom stereocenters. The summed E-state index contributed by atoms with van der Waals surface area (Å²) in [6.45, 7) is 10.8. The number of nitrogens with zero attached hydrogens (tertiary/aromatic N) is 2. The molecule has 0 aromatic rings. The first-order valence-electron chi connectivity index (χ1n) is 8.24. The Hall–Kier alpha value is -0.650. The zero-order chi connectivity index (χ0) is 15.8. The maximum Gasteiger partial charge on any atom is 0.322 e. The molecule has 1 saturated heterocycles. The Bertz CT molecular complexity index is 302. The highest BCUT2D eigenvalue weighted by molar-refractivity contribution is 5.75. The van der Waals surface area contributed by atoms with E-state index in [1.54, 1.807) is 0 Å². The summed E-state index contributed by atoms with van der Waals surface area (Å²) in [5.41, 5.74) is 0. The van der Waals surface area contributed by atoms with Gasteiger partial charge in [0.15, 0.2) is 0 Å². The second-order valence-corrected chi connectivity index (χ2v) is 6.33. The monoisotopic (exact) mass is 299 g/mol. The molecule has 5 nitrogen and oxygen atoms in total. The summed E-state index contributed by atoms with van der Waals surface area (Å²) >= 11 is 0. The maximum atomic E-state index is 11.8. The molecule has 0 spiro atoms. The van der Waals surface area contributed by atoms with Crippen LogP contribution in [0.3, 0.4) is 0 Å². The van der Waals surface area contributed by atoms with Crippen molar-refractivity contribution in [3.63, 3.8) is 0 Å². The Balaban J connectivity index is 2.38. The highest BCUT2D eigenvalue weighted by Gasteiger charge is 2.24. The molecule has 0 aromatic carbocycles. The van der Waals surface area contributed by atoms with Crippen molar-refractivity contribution in [1.82, 2.24) is 15.1 Å². The lowest BCUT2D eigenvalue weighted by Gasteiger charge is -2.36. The molecule has 1 heterocycles. The van der Waals surface area contributed by atoms with E-state index in [1.807, 2.05) is 0 Å². The normalized spacial score (nSPS) is 19.2. The van der Waals surface area contributed by atoms with Crippen LogP contribution < -0.4 is 5.32 Å². The SMILES string of the molecule is CCN1CCC(N(C)CCC(NC(C)C)C(=O)OC)CC1. The first-order chi connectivity index (χ1) is 9.97. The summed E-state index contributed by atoms with van der Waals surface area (Å²) in [7, 11) is 3.64. The number of nitrogens with one attached hydrogen (secondary N) is 1. The molecule has 1 atom stereocenters. The van der Waals surface area contributed by atoms with Gasteiger partial charge in [0.25, 0.3) is 0 Å². The van der Waals surface area contributed by atoms with Gasteiger partial charge < -0.3 is 19.9 Å². The molecule has 1 fully saturated rings. The van der Waals surface area contributed by atoms with Crippen molar-refractivity contribution in [2.75, 3.05) is 40.3 Å². The number of carbonyl (C=O) groups is 1. The average molecular weight is 299 g/mol. The van der Waals surface area contributed by atoms with Crippen LogP contribution in [0.25, 0.3) is 0 Å². The van der Waals surface area contributed by atoms with Crippen LogP contribution >= 0.6 is 0 Å². The highest BCUT2D eigenvalue weighted by atomic mass is 16.5. The van der Waals surface area contributed by atoms with E-state index in [1.165, 1.54) is 33.0 Å². The number of rotatable bonds is 8. The second kappa shape index (κ2) is 9.38. The summed E-state index contributed by atoms with van der Waals surface area (Å²) in [5, 5.41) is 3.30. The van der Waals surface area contributed by atoms with Crippen molar-refractivity contribution >= 4 is 5.97 Å². The number of esters is 1. The van der Waals surface area contributed by atoms with Crippen LogP contribution in [0.1, 0.15) is 40.0 Å². The van der Waals surface area contributed by atoms with Gasteiger partial charge in [-0.25, -0.2) is 0 Å². The molecule has 21 heavy (non-hydrogen) atoms. The predicted octanol–water partition coefficient (Wildman–Crippen LogP) is 1.33. The lowest BCUT2D eigenvalue weighted by atomic mass is 10.0. The van der Waals surface area contributed by atoms with Crippen LogP contribution in [0.2, 0.25) is 0 Å². The van der Waals surface area contributed by atoms with Gasteiger partial charge in [-0.15, -0.1) is 0 Å². The van der Waals surface area contributed by atoms with Gasteiger partial charge in [0.05, 0.1) is 7.11 Å². The predicted molar refractivity (Wildman–Crippen MR) is 86.5 cm³/mol. The van der Waals surface area contributed by atoms with E-state index in [2.05, 4.69) is 42.9 Å². The molecular formula is C16H33N3O2. The van der Waals surface area contributed by atoms with Crippen LogP contribution in [-0.2, 0) is 9.53 Å². The third-order valence-corrected chi connectivity index (χ3v) is 4.42. The lowest BCUT2D eigenvalue weighted by Crippen LogP contribution is -2.47. The average Bonchev–Trinajstić information content (AvgIpc) is 2.50. The fourth-order valence-corrected chi connectivity index (χ4v) is 3.01. The summed E-state index contributed by atoms with van der Waals surface area (Å²) in [6.07, 6.45) is 3.25. The van der Waals surface area contributed by atoms with E-state index in [-0.39, 0.29) is 18.1 Å². The molecule has 1 rings (SSSR count). The Morgan fingerprint density at radius 3 is 2.48 bits per heavy atom. The quantitative estimate of drug-likeness (QED) is 0.685. The third kappa shape index (κ3) is 6.32. The molecule has 0 amide bonds. The minimum Gasteiger partial charge on any atom is -0.468 e. The smallest absolute Gasteiger partial charge is 0.322 e. The fraction of sp³-hybridized carbons (Fsp3) is 0.938. The largest absolute Gasteiger partial charge is 0.468 e. The van der Waals surface area contributed by atoms with E-state index < -0.39 is 0 Å². The molecule has 1 aliphatic rings. The summed E-state index contributed by atoms with van der Waals surface area (Å²) in [4.78, 5) is 16.7. The highest BCUT2D eigenvalue weighted by Crippen LogP contribution is 2.15. The first-order valence-corrected chi connectivity index (χ1v) is 8.24. The maximum absolute atomic E-state index is 11.8. The summed E-state index contributed by atoms with van der Waals surface area (Å²) in [6, 6.07) is 0.727. The number of hydrogen-bond donors (Lipinski definition) is 1. The molecule has 1 N–H and O–H groups in total. The standard InChI is InChI=1S/C16H33N3O2/c1-6-19-11-7-14(8-12-19)18(4)10-9-15(16(20)21-5)17-13(2)3/h13-15,17H,6-12H2,1-5H3. The van der Waals surface area contributed by atoms with Crippen LogP contribution in [0.5, 0.6) is 0 Å². The van der Waals surface area contributed by atoms with E-state index in [0.29, 0.717) is 6.04 Å². The number of methoxy groups -OCH3 is 1. The van der Waals surface area contributed by atoms with Crippen LogP contribution in [0.4, 0.5) is 0 Å². The topological polar surface area (TPSA) is 44.8 Å². The molecule has 124 valence electrons. The van der Waals surface area contributed by atoms with Gasteiger partial charge in [-0.3, -0.25) is 4.79 Å².